The molecule has 2 N–H and O–H groups in total. The maximum Gasteiger partial charge on any atom is 0.255 e. The first-order valence-corrected chi connectivity index (χ1v) is 8.42. The van der Waals surface area contributed by atoms with Crippen molar-refractivity contribution >= 4 is 34.8 Å². The fourth-order valence-electron chi connectivity index (χ4n) is 2.42. The molecule has 6 heteroatoms. The normalized spacial score (nSPS) is 13.2. The molecule has 25 heavy (non-hydrogen) atoms. The molecule has 2 aromatic rings. The number of nitrogens with one attached hydrogen (secondary N) is 2. The van der Waals surface area contributed by atoms with Crippen LogP contribution in [0.2, 0.25) is 5.02 Å². The highest BCUT2D eigenvalue weighted by Gasteiger charge is 2.29. The summed E-state index contributed by atoms with van der Waals surface area (Å²) in [6.45, 7) is 1.86. The molecule has 1 fully saturated rings. The monoisotopic (exact) mass is 358 g/mol. The quantitative estimate of drug-likeness (QED) is 0.839. The Balaban J connectivity index is 1.71. The molecule has 2 aromatic carbocycles. The topological polar surface area (TPSA) is 67.4 Å². The van der Waals surface area contributed by atoms with Crippen LogP contribution >= 0.6 is 11.6 Å². The van der Waals surface area contributed by atoms with Crippen LogP contribution in [0, 0.1) is 12.8 Å². The zero-order chi connectivity index (χ0) is 18.0. The number of aryl methyl sites for hydroxylation is 1. The molecule has 2 amide bonds. The van der Waals surface area contributed by atoms with Crippen molar-refractivity contribution < 1.29 is 14.3 Å². The Morgan fingerprint density at radius 3 is 2.40 bits per heavy atom. The van der Waals surface area contributed by atoms with Gasteiger partial charge in [-0.1, -0.05) is 11.6 Å². The highest BCUT2D eigenvalue weighted by molar-refractivity contribution is 6.31. The van der Waals surface area contributed by atoms with Crippen molar-refractivity contribution in [3.05, 3.63) is 52.5 Å². The van der Waals surface area contributed by atoms with Crippen LogP contribution in [0.15, 0.2) is 36.4 Å². The predicted molar refractivity (Wildman–Crippen MR) is 98.5 cm³/mol. The van der Waals surface area contributed by atoms with Crippen molar-refractivity contribution in [3.8, 4) is 5.75 Å². The molecule has 0 heterocycles. The van der Waals surface area contributed by atoms with Gasteiger partial charge in [-0.05, 0) is 55.7 Å². The summed E-state index contributed by atoms with van der Waals surface area (Å²) >= 11 is 6.08. The Hall–Kier alpha value is -2.53. The van der Waals surface area contributed by atoms with E-state index in [1.807, 2.05) is 6.92 Å². The lowest BCUT2D eigenvalue weighted by Crippen LogP contribution is -2.15. The zero-order valence-corrected chi connectivity index (χ0v) is 14.8. The number of hydrogen-bond acceptors (Lipinski definition) is 3. The summed E-state index contributed by atoms with van der Waals surface area (Å²) in [6, 6.07) is 10.2. The highest BCUT2D eigenvalue weighted by Crippen LogP contribution is 2.32. The number of ether oxygens (including phenoxy) is 1. The number of methoxy groups -OCH3 is 1. The maximum absolute atomic E-state index is 12.4. The number of carbonyl (C=O) groups is 2. The fraction of sp³-hybridized carbons (Fsp3) is 0.263. The van der Waals surface area contributed by atoms with Crippen LogP contribution in [0.25, 0.3) is 0 Å². The molecule has 1 aliphatic rings. The van der Waals surface area contributed by atoms with Crippen LogP contribution in [0.3, 0.4) is 0 Å². The number of rotatable bonds is 5. The Morgan fingerprint density at radius 1 is 1.12 bits per heavy atom. The summed E-state index contributed by atoms with van der Waals surface area (Å²) in [6.07, 6.45) is 1.91. The standard InChI is InChI=1S/C19H19ClN2O3/c1-11-9-16(17(25-2)10-15(11)20)22-19(24)13-5-7-14(8-6-13)21-18(23)12-3-4-12/h5-10,12H,3-4H2,1-2H3,(H,21,23)(H,22,24). The van der Waals surface area contributed by atoms with Crippen molar-refractivity contribution in [2.24, 2.45) is 5.92 Å². The molecule has 3 rings (SSSR count). The van der Waals surface area contributed by atoms with E-state index < -0.39 is 0 Å². The number of halogens is 1. The summed E-state index contributed by atoms with van der Waals surface area (Å²) in [5.74, 6) is 0.416. The predicted octanol–water partition coefficient (Wildman–Crippen LogP) is 4.26. The van der Waals surface area contributed by atoms with Gasteiger partial charge in [-0.3, -0.25) is 9.59 Å². The van der Waals surface area contributed by atoms with Gasteiger partial charge in [0.1, 0.15) is 5.75 Å². The van der Waals surface area contributed by atoms with E-state index in [2.05, 4.69) is 10.6 Å². The zero-order valence-electron chi connectivity index (χ0n) is 14.1. The second-order valence-electron chi connectivity index (χ2n) is 6.10. The molecular weight excluding hydrogens is 340 g/mol. The van der Waals surface area contributed by atoms with Gasteiger partial charge in [-0.2, -0.15) is 0 Å². The minimum Gasteiger partial charge on any atom is -0.495 e. The third-order valence-electron chi connectivity index (χ3n) is 4.09. The first kappa shape index (κ1) is 17.3. The minimum absolute atomic E-state index is 0.0403. The molecule has 0 unspecified atom stereocenters. The van der Waals surface area contributed by atoms with Gasteiger partial charge in [0, 0.05) is 28.3 Å². The van der Waals surface area contributed by atoms with E-state index in [1.165, 1.54) is 7.11 Å². The SMILES string of the molecule is COc1cc(Cl)c(C)cc1NC(=O)c1ccc(NC(=O)C2CC2)cc1. The van der Waals surface area contributed by atoms with E-state index in [0.29, 0.717) is 27.7 Å². The van der Waals surface area contributed by atoms with Crippen LogP contribution in [-0.4, -0.2) is 18.9 Å². The average Bonchev–Trinajstić information content (AvgIpc) is 3.43. The van der Waals surface area contributed by atoms with Crippen LogP contribution in [0.4, 0.5) is 11.4 Å². The second-order valence-corrected chi connectivity index (χ2v) is 6.50. The largest absolute Gasteiger partial charge is 0.495 e. The lowest BCUT2D eigenvalue weighted by atomic mass is 10.1. The van der Waals surface area contributed by atoms with Gasteiger partial charge in [0.15, 0.2) is 0 Å². The van der Waals surface area contributed by atoms with E-state index in [9.17, 15) is 9.59 Å². The summed E-state index contributed by atoms with van der Waals surface area (Å²) in [4.78, 5) is 24.2. The summed E-state index contributed by atoms with van der Waals surface area (Å²) in [5, 5.41) is 6.25. The third-order valence-corrected chi connectivity index (χ3v) is 4.50. The van der Waals surface area contributed by atoms with E-state index >= 15 is 0 Å². The van der Waals surface area contributed by atoms with E-state index in [-0.39, 0.29) is 17.7 Å². The molecule has 1 saturated carbocycles. The van der Waals surface area contributed by atoms with Gasteiger partial charge in [-0.25, -0.2) is 0 Å². The molecule has 5 nitrogen and oxygen atoms in total. The Kier molecular flexibility index (Phi) is 4.95. The van der Waals surface area contributed by atoms with Crippen molar-refractivity contribution in [1.82, 2.24) is 0 Å². The van der Waals surface area contributed by atoms with Crippen LogP contribution in [0.5, 0.6) is 5.75 Å². The van der Waals surface area contributed by atoms with E-state index in [0.717, 1.165) is 18.4 Å². The molecule has 0 atom stereocenters. The molecule has 0 aliphatic heterocycles. The van der Waals surface area contributed by atoms with E-state index in [1.54, 1.807) is 36.4 Å². The molecule has 0 saturated heterocycles. The van der Waals surface area contributed by atoms with Gasteiger partial charge in [-0.15, -0.1) is 0 Å². The first-order valence-electron chi connectivity index (χ1n) is 8.04. The summed E-state index contributed by atoms with van der Waals surface area (Å²) in [5.41, 5.74) is 2.57. The number of benzene rings is 2. The van der Waals surface area contributed by atoms with Crippen molar-refractivity contribution in [3.63, 3.8) is 0 Å². The highest BCUT2D eigenvalue weighted by atomic mass is 35.5. The van der Waals surface area contributed by atoms with Gasteiger partial charge in [0.2, 0.25) is 5.91 Å². The molecule has 0 spiro atoms. The van der Waals surface area contributed by atoms with E-state index in [4.69, 9.17) is 16.3 Å². The molecule has 0 bridgehead atoms. The van der Waals surface area contributed by atoms with Crippen molar-refractivity contribution in [1.29, 1.82) is 0 Å². The maximum atomic E-state index is 12.4. The Bertz CT molecular complexity index is 814. The number of anilines is 2. The average molecular weight is 359 g/mol. The van der Waals surface area contributed by atoms with Gasteiger partial charge in [0.05, 0.1) is 12.8 Å². The second kappa shape index (κ2) is 7.15. The molecule has 0 radical (unpaired) electrons. The van der Waals surface area contributed by atoms with Gasteiger partial charge in [0.25, 0.3) is 5.91 Å². The summed E-state index contributed by atoms with van der Waals surface area (Å²) in [7, 11) is 1.52. The van der Waals surface area contributed by atoms with Gasteiger partial charge >= 0.3 is 0 Å². The van der Waals surface area contributed by atoms with Crippen molar-refractivity contribution in [2.75, 3.05) is 17.7 Å². The van der Waals surface area contributed by atoms with Crippen LogP contribution < -0.4 is 15.4 Å². The molecular formula is C19H19ClN2O3. The molecule has 130 valence electrons. The third kappa shape index (κ3) is 4.12. The van der Waals surface area contributed by atoms with Gasteiger partial charge < -0.3 is 15.4 Å². The minimum atomic E-state index is -0.264. The number of carbonyl (C=O) groups excluding carboxylic acids is 2. The fourth-order valence-corrected chi connectivity index (χ4v) is 2.57. The van der Waals surface area contributed by atoms with Crippen molar-refractivity contribution in [2.45, 2.75) is 19.8 Å². The Labute approximate surface area is 151 Å². The Morgan fingerprint density at radius 2 is 1.80 bits per heavy atom. The number of amides is 2. The first-order chi connectivity index (χ1) is 12.0. The van der Waals surface area contributed by atoms with Crippen LogP contribution in [-0.2, 0) is 4.79 Å². The smallest absolute Gasteiger partial charge is 0.255 e. The molecule has 1 aliphatic carbocycles. The molecule has 0 aromatic heterocycles. The summed E-state index contributed by atoms with van der Waals surface area (Å²) < 4.78 is 5.26. The number of hydrogen-bond donors (Lipinski definition) is 2. The van der Waals surface area contributed by atoms with Crippen LogP contribution in [0.1, 0.15) is 28.8 Å². The lowest BCUT2D eigenvalue weighted by molar-refractivity contribution is -0.117. The lowest BCUT2D eigenvalue weighted by Gasteiger charge is -2.12.